The fraction of sp³-hybridized carbons (Fsp3) is 0.286. The summed E-state index contributed by atoms with van der Waals surface area (Å²) in [6.45, 7) is 5.59. The van der Waals surface area contributed by atoms with E-state index >= 15 is 0 Å². The fourth-order valence-corrected chi connectivity index (χ4v) is 4.72. The predicted octanol–water partition coefficient (Wildman–Crippen LogP) is 4.20. The minimum Gasteiger partial charge on any atom is -0.497 e. The molecular weight excluding hydrogens is 440 g/mol. The molecule has 0 bridgehead atoms. The lowest BCUT2D eigenvalue weighted by atomic mass is 10.1. The van der Waals surface area contributed by atoms with Crippen molar-refractivity contribution in [2.75, 3.05) is 45.3 Å². The number of anilines is 1. The summed E-state index contributed by atoms with van der Waals surface area (Å²) in [6, 6.07) is 20.1. The van der Waals surface area contributed by atoms with Crippen LogP contribution in [0, 0.1) is 0 Å². The summed E-state index contributed by atoms with van der Waals surface area (Å²) >= 11 is 0. The highest BCUT2D eigenvalue weighted by molar-refractivity contribution is 5.90. The molecule has 180 valence electrons. The highest BCUT2D eigenvalue weighted by atomic mass is 16.5. The van der Waals surface area contributed by atoms with Gasteiger partial charge in [-0.05, 0) is 47.5 Å². The molecule has 0 spiro atoms. The van der Waals surface area contributed by atoms with E-state index in [1.807, 2.05) is 24.4 Å². The zero-order valence-electron chi connectivity index (χ0n) is 20.2. The summed E-state index contributed by atoms with van der Waals surface area (Å²) in [6.07, 6.45) is 3.99. The Morgan fingerprint density at radius 1 is 0.914 bits per heavy atom. The number of pyridine rings is 1. The maximum absolute atomic E-state index is 11.7. The van der Waals surface area contributed by atoms with Crippen LogP contribution in [0.4, 0.5) is 5.69 Å². The Kier molecular flexibility index (Phi) is 6.68. The zero-order chi connectivity index (χ0) is 24.2. The Balaban J connectivity index is 1.26. The van der Waals surface area contributed by atoms with Crippen LogP contribution in [0.25, 0.3) is 11.0 Å². The van der Waals surface area contributed by atoms with Crippen molar-refractivity contribution >= 4 is 22.7 Å². The summed E-state index contributed by atoms with van der Waals surface area (Å²) in [7, 11) is 3.10. The third-order valence-electron chi connectivity index (χ3n) is 6.62. The van der Waals surface area contributed by atoms with Crippen molar-refractivity contribution in [3.63, 3.8) is 0 Å². The highest BCUT2D eigenvalue weighted by Gasteiger charge is 2.20. The molecule has 1 saturated heterocycles. The standard InChI is InChI=1S/C28H30N4O3/c1-34-24-5-3-4-22(18-24)19-30-14-16-31(17-15-30)26-10-12-29-27-25(26)11-13-32(27)20-21-6-8-23(9-7-21)28(33)35-2/h3-13,18H,14-17,19-20H2,1-2H3. The number of aromatic nitrogens is 2. The summed E-state index contributed by atoms with van der Waals surface area (Å²) in [5, 5.41) is 1.17. The van der Waals surface area contributed by atoms with E-state index in [4.69, 9.17) is 9.47 Å². The van der Waals surface area contributed by atoms with Crippen LogP contribution in [0.2, 0.25) is 0 Å². The van der Waals surface area contributed by atoms with E-state index in [0.717, 1.165) is 49.7 Å². The van der Waals surface area contributed by atoms with E-state index in [9.17, 15) is 4.79 Å². The number of carbonyl (C=O) groups is 1. The van der Waals surface area contributed by atoms with Crippen LogP contribution in [0.5, 0.6) is 5.75 Å². The Bertz CT molecular complexity index is 1310. The lowest BCUT2D eigenvalue weighted by Gasteiger charge is -2.36. The van der Waals surface area contributed by atoms with Gasteiger partial charge in [-0.1, -0.05) is 24.3 Å². The number of hydrogen-bond donors (Lipinski definition) is 0. The quantitative estimate of drug-likeness (QED) is 0.377. The van der Waals surface area contributed by atoms with Crippen LogP contribution in [0.3, 0.4) is 0 Å². The molecule has 4 aromatic rings. The Hall–Kier alpha value is -3.84. The van der Waals surface area contributed by atoms with Crippen LogP contribution >= 0.6 is 0 Å². The Morgan fingerprint density at radius 2 is 1.71 bits per heavy atom. The molecule has 1 aliphatic rings. The van der Waals surface area contributed by atoms with Gasteiger partial charge in [-0.2, -0.15) is 0 Å². The van der Waals surface area contributed by atoms with Gasteiger partial charge in [0.05, 0.1) is 19.8 Å². The molecule has 3 heterocycles. The highest BCUT2D eigenvalue weighted by Crippen LogP contribution is 2.28. The lowest BCUT2D eigenvalue weighted by Crippen LogP contribution is -2.46. The van der Waals surface area contributed by atoms with E-state index in [2.05, 4.69) is 55.9 Å². The molecule has 2 aromatic carbocycles. The maximum atomic E-state index is 11.7. The number of rotatable bonds is 7. The van der Waals surface area contributed by atoms with Crippen molar-refractivity contribution in [2.45, 2.75) is 13.1 Å². The lowest BCUT2D eigenvalue weighted by molar-refractivity contribution is 0.0600. The van der Waals surface area contributed by atoms with Crippen molar-refractivity contribution in [3.05, 3.63) is 89.7 Å². The van der Waals surface area contributed by atoms with Gasteiger partial charge in [0.1, 0.15) is 11.4 Å². The van der Waals surface area contributed by atoms with Crippen molar-refractivity contribution < 1.29 is 14.3 Å². The first-order chi connectivity index (χ1) is 17.1. The summed E-state index contributed by atoms with van der Waals surface area (Å²) in [4.78, 5) is 21.3. The van der Waals surface area contributed by atoms with Crippen molar-refractivity contribution in [1.82, 2.24) is 14.5 Å². The molecule has 0 N–H and O–H groups in total. The molecule has 35 heavy (non-hydrogen) atoms. The second-order valence-corrected chi connectivity index (χ2v) is 8.81. The molecule has 0 atom stereocenters. The molecule has 0 saturated carbocycles. The van der Waals surface area contributed by atoms with E-state index in [-0.39, 0.29) is 5.97 Å². The van der Waals surface area contributed by atoms with Gasteiger partial charge >= 0.3 is 5.97 Å². The number of methoxy groups -OCH3 is 2. The fourth-order valence-electron chi connectivity index (χ4n) is 4.72. The molecule has 0 amide bonds. The molecule has 0 unspecified atom stereocenters. The molecule has 5 rings (SSSR count). The SMILES string of the molecule is COC(=O)c1ccc(Cn2ccc3c(N4CCN(Cc5cccc(OC)c5)CC4)ccnc32)cc1. The first-order valence-corrected chi connectivity index (χ1v) is 11.9. The van der Waals surface area contributed by atoms with Gasteiger partial charge in [0, 0.05) is 62.7 Å². The first kappa shape index (κ1) is 22.9. The number of benzene rings is 2. The molecule has 0 radical (unpaired) electrons. The van der Waals surface area contributed by atoms with Crippen LogP contribution in [0.15, 0.2) is 73.1 Å². The molecule has 2 aromatic heterocycles. The van der Waals surface area contributed by atoms with Gasteiger partial charge in [0.25, 0.3) is 0 Å². The summed E-state index contributed by atoms with van der Waals surface area (Å²) in [5.41, 5.74) is 5.14. The second-order valence-electron chi connectivity index (χ2n) is 8.81. The third-order valence-corrected chi connectivity index (χ3v) is 6.62. The number of carbonyl (C=O) groups excluding carboxylic acids is 1. The maximum Gasteiger partial charge on any atom is 0.337 e. The number of fused-ring (bicyclic) bond motifs is 1. The Labute approximate surface area is 205 Å². The molecule has 7 nitrogen and oxygen atoms in total. The van der Waals surface area contributed by atoms with Crippen LogP contribution in [-0.4, -0.2) is 60.8 Å². The van der Waals surface area contributed by atoms with Crippen molar-refractivity contribution in [1.29, 1.82) is 0 Å². The minimum atomic E-state index is -0.321. The third kappa shape index (κ3) is 5.00. The Morgan fingerprint density at radius 3 is 2.46 bits per heavy atom. The van der Waals surface area contributed by atoms with E-state index in [1.54, 1.807) is 19.2 Å². The molecule has 1 fully saturated rings. The van der Waals surface area contributed by atoms with Crippen LogP contribution in [-0.2, 0) is 17.8 Å². The molecular formula is C28H30N4O3. The molecule has 1 aliphatic heterocycles. The van der Waals surface area contributed by atoms with Crippen LogP contribution < -0.4 is 9.64 Å². The van der Waals surface area contributed by atoms with E-state index < -0.39 is 0 Å². The van der Waals surface area contributed by atoms with E-state index in [0.29, 0.717) is 12.1 Å². The monoisotopic (exact) mass is 470 g/mol. The first-order valence-electron chi connectivity index (χ1n) is 11.9. The summed E-state index contributed by atoms with van der Waals surface area (Å²) < 4.78 is 12.3. The second kappa shape index (κ2) is 10.2. The summed E-state index contributed by atoms with van der Waals surface area (Å²) in [5.74, 6) is 0.585. The van der Waals surface area contributed by atoms with Gasteiger partial charge in [-0.25, -0.2) is 9.78 Å². The van der Waals surface area contributed by atoms with Gasteiger partial charge in [0.15, 0.2) is 0 Å². The number of esters is 1. The van der Waals surface area contributed by atoms with Gasteiger partial charge in [0.2, 0.25) is 0 Å². The minimum absolute atomic E-state index is 0.321. The van der Waals surface area contributed by atoms with Crippen molar-refractivity contribution in [3.8, 4) is 5.75 Å². The number of nitrogens with zero attached hydrogens (tertiary/aromatic N) is 4. The largest absolute Gasteiger partial charge is 0.497 e. The van der Waals surface area contributed by atoms with Crippen molar-refractivity contribution in [2.24, 2.45) is 0 Å². The zero-order valence-corrected chi connectivity index (χ0v) is 20.2. The van der Waals surface area contributed by atoms with Crippen LogP contribution in [0.1, 0.15) is 21.5 Å². The van der Waals surface area contributed by atoms with E-state index in [1.165, 1.54) is 23.7 Å². The average molecular weight is 471 g/mol. The molecule has 0 aliphatic carbocycles. The van der Waals surface area contributed by atoms with Gasteiger partial charge in [-0.15, -0.1) is 0 Å². The predicted molar refractivity (Wildman–Crippen MR) is 137 cm³/mol. The van der Waals surface area contributed by atoms with Gasteiger partial charge in [-0.3, -0.25) is 4.90 Å². The smallest absolute Gasteiger partial charge is 0.337 e. The average Bonchev–Trinajstić information content (AvgIpc) is 3.32. The normalized spacial score (nSPS) is 14.3. The number of ether oxygens (including phenoxy) is 2. The number of hydrogen-bond acceptors (Lipinski definition) is 6. The van der Waals surface area contributed by atoms with Gasteiger partial charge < -0.3 is 18.9 Å². The molecule has 7 heteroatoms. The number of piperazine rings is 1. The topological polar surface area (TPSA) is 59.8 Å².